The lowest BCUT2D eigenvalue weighted by Crippen LogP contribution is -2.48. The molecule has 1 fully saturated rings. The molecule has 1 unspecified atom stereocenters. The number of aliphatic carboxylic acids is 1. The van der Waals surface area contributed by atoms with Crippen molar-refractivity contribution in [2.75, 3.05) is 19.6 Å². The molecule has 0 radical (unpaired) electrons. The summed E-state index contributed by atoms with van der Waals surface area (Å²) in [5.41, 5.74) is -0.404. The van der Waals surface area contributed by atoms with Crippen molar-refractivity contribution in [3.05, 3.63) is 0 Å². The van der Waals surface area contributed by atoms with Gasteiger partial charge >= 0.3 is 5.97 Å². The summed E-state index contributed by atoms with van der Waals surface area (Å²) in [6, 6.07) is 0. The van der Waals surface area contributed by atoms with E-state index in [0.717, 1.165) is 51.5 Å². The zero-order chi connectivity index (χ0) is 18.9. The first-order chi connectivity index (χ1) is 11.7. The molecule has 1 aliphatic rings. The summed E-state index contributed by atoms with van der Waals surface area (Å²) in [7, 11) is 0. The maximum Gasteiger partial charge on any atom is 0.303 e. The number of unbranched alkanes of at least 4 members (excludes halogenated alkanes) is 4. The minimum Gasteiger partial charge on any atom is -0.481 e. The average molecular weight is 354 g/mol. The molecule has 1 heterocycles. The molecule has 0 aliphatic carbocycles. The Morgan fingerprint density at radius 2 is 1.72 bits per heavy atom. The number of hydrogen-bond donors (Lipinski definition) is 2. The van der Waals surface area contributed by atoms with Crippen LogP contribution in [0.2, 0.25) is 0 Å². The predicted octanol–water partition coefficient (Wildman–Crippen LogP) is 2.81. The molecular weight excluding hydrogens is 320 g/mol. The molecule has 0 spiro atoms. The Bertz CT molecular complexity index is 457. The third-order valence-electron chi connectivity index (χ3n) is 4.59. The third-order valence-corrected chi connectivity index (χ3v) is 4.59. The fraction of sp³-hybridized carbons (Fsp3) is 0.842. The smallest absolute Gasteiger partial charge is 0.303 e. The van der Waals surface area contributed by atoms with E-state index in [9.17, 15) is 14.4 Å². The average Bonchev–Trinajstić information content (AvgIpc) is 2.55. The highest BCUT2D eigenvalue weighted by atomic mass is 16.4. The number of hydrogen-bond acceptors (Lipinski definition) is 3. The summed E-state index contributed by atoms with van der Waals surface area (Å²) >= 11 is 0. The quantitative estimate of drug-likeness (QED) is 0.623. The molecular formula is C19H34N2O4. The molecule has 0 bridgehead atoms. The van der Waals surface area contributed by atoms with Crippen molar-refractivity contribution in [3.63, 3.8) is 0 Å². The van der Waals surface area contributed by atoms with E-state index in [-0.39, 0.29) is 24.2 Å². The van der Waals surface area contributed by atoms with E-state index < -0.39 is 11.4 Å². The lowest BCUT2D eigenvalue weighted by Gasteiger charge is -2.35. The molecule has 2 N–H and O–H groups in total. The van der Waals surface area contributed by atoms with Gasteiger partial charge in [-0.3, -0.25) is 14.4 Å². The number of likely N-dealkylation sites (tertiary alicyclic amines) is 1. The van der Waals surface area contributed by atoms with Crippen LogP contribution in [-0.2, 0) is 14.4 Å². The predicted molar refractivity (Wildman–Crippen MR) is 97.1 cm³/mol. The van der Waals surface area contributed by atoms with Crippen LogP contribution < -0.4 is 5.32 Å². The highest BCUT2D eigenvalue weighted by Crippen LogP contribution is 2.23. The molecule has 6 nitrogen and oxygen atoms in total. The lowest BCUT2D eigenvalue weighted by atomic mass is 9.91. The second-order valence-corrected chi connectivity index (χ2v) is 8.04. The zero-order valence-electron chi connectivity index (χ0n) is 16.0. The SMILES string of the molecule is CC(C)(C)C(=O)N1CCCC(C(=O)NCCCCCCCC(=O)O)C1. The third kappa shape index (κ3) is 8.36. The van der Waals surface area contributed by atoms with Crippen molar-refractivity contribution in [2.24, 2.45) is 11.3 Å². The van der Waals surface area contributed by atoms with Gasteiger partial charge in [0.1, 0.15) is 0 Å². The summed E-state index contributed by atoms with van der Waals surface area (Å²) in [5.74, 6) is -0.669. The Balaban J connectivity index is 2.20. The van der Waals surface area contributed by atoms with Crippen LogP contribution >= 0.6 is 0 Å². The molecule has 2 amide bonds. The van der Waals surface area contributed by atoms with Gasteiger partial charge in [-0.25, -0.2) is 0 Å². The highest BCUT2D eigenvalue weighted by Gasteiger charge is 2.33. The van der Waals surface area contributed by atoms with Crippen LogP contribution in [-0.4, -0.2) is 47.4 Å². The van der Waals surface area contributed by atoms with Crippen molar-refractivity contribution in [1.82, 2.24) is 10.2 Å². The maximum atomic E-state index is 12.4. The molecule has 1 rings (SSSR count). The van der Waals surface area contributed by atoms with Crippen LogP contribution in [0, 0.1) is 11.3 Å². The van der Waals surface area contributed by atoms with E-state index in [4.69, 9.17) is 5.11 Å². The van der Waals surface area contributed by atoms with Gasteiger partial charge in [-0.05, 0) is 25.7 Å². The van der Waals surface area contributed by atoms with Gasteiger partial charge in [-0.15, -0.1) is 0 Å². The number of amides is 2. The first-order valence-electron chi connectivity index (χ1n) is 9.50. The normalized spacial score (nSPS) is 18.0. The van der Waals surface area contributed by atoms with Crippen molar-refractivity contribution in [3.8, 4) is 0 Å². The minimum absolute atomic E-state index is 0.0530. The van der Waals surface area contributed by atoms with E-state index in [1.165, 1.54) is 0 Å². The van der Waals surface area contributed by atoms with E-state index in [2.05, 4.69) is 5.32 Å². The van der Waals surface area contributed by atoms with Gasteiger partial charge in [-0.1, -0.05) is 40.0 Å². The van der Waals surface area contributed by atoms with Crippen LogP contribution in [0.15, 0.2) is 0 Å². The molecule has 1 aliphatic heterocycles. The fourth-order valence-corrected chi connectivity index (χ4v) is 3.14. The molecule has 1 atom stereocenters. The monoisotopic (exact) mass is 354 g/mol. The summed E-state index contributed by atoms with van der Waals surface area (Å²) in [5, 5.41) is 11.6. The molecule has 6 heteroatoms. The number of piperidine rings is 1. The number of carbonyl (C=O) groups is 3. The number of carboxylic acids is 1. The van der Waals surface area contributed by atoms with Crippen molar-refractivity contribution >= 4 is 17.8 Å². The molecule has 144 valence electrons. The Morgan fingerprint density at radius 3 is 2.36 bits per heavy atom. The van der Waals surface area contributed by atoms with Crippen molar-refractivity contribution in [2.45, 2.75) is 72.1 Å². The summed E-state index contributed by atoms with van der Waals surface area (Å²) < 4.78 is 0. The highest BCUT2D eigenvalue weighted by molar-refractivity contribution is 5.83. The van der Waals surface area contributed by atoms with Gasteiger partial charge in [0.05, 0.1) is 5.92 Å². The van der Waals surface area contributed by atoms with Crippen LogP contribution in [0.4, 0.5) is 0 Å². The molecule has 0 saturated carbocycles. The van der Waals surface area contributed by atoms with Gasteiger partial charge in [0, 0.05) is 31.5 Å². The minimum atomic E-state index is -0.737. The molecule has 0 aromatic rings. The molecule has 1 saturated heterocycles. The van der Waals surface area contributed by atoms with E-state index >= 15 is 0 Å². The number of nitrogens with zero attached hydrogens (tertiary/aromatic N) is 1. The molecule has 0 aromatic heterocycles. The maximum absolute atomic E-state index is 12.4. The first-order valence-corrected chi connectivity index (χ1v) is 9.50. The molecule has 0 aromatic carbocycles. The number of rotatable bonds is 9. The lowest BCUT2D eigenvalue weighted by molar-refractivity contribution is -0.143. The Hall–Kier alpha value is -1.59. The topological polar surface area (TPSA) is 86.7 Å². The summed E-state index contributed by atoms with van der Waals surface area (Å²) in [6.45, 7) is 7.66. The Kier molecular flexibility index (Phi) is 8.93. The van der Waals surface area contributed by atoms with E-state index in [1.54, 1.807) is 0 Å². The van der Waals surface area contributed by atoms with Gasteiger partial charge < -0.3 is 15.3 Å². The van der Waals surface area contributed by atoms with E-state index in [1.807, 2.05) is 25.7 Å². The van der Waals surface area contributed by atoms with Gasteiger partial charge in [0.15, 0.2) is 0 Å². The standard InChI is InChI=1S/C19H34N2O4/c1-19(2,3)18(25)21-13-9-10-15(14-21)17(24)20-12-8-6-4-5-7-11-16(22)23/h15H,4-14H2,1-3H3,(H,20,24)(H,22,23). The second-order valence-electron chi connectivity index (χ2n) is 8.04. The Labute approximate surface area is 151 Å². The van der Waals surface area contributed by atoms with Crippen LogP contribution in [0.5, 0.6) is 0 Å². The van der Waals surface area contributed by atoms with Crippen molar-refractivity contribution < 1.29 is 19.5 Å². The second kappa shape index (κ2) is 10.4. The van der Waals surface area contributed by atoms with E-state index in [0.29, 0.717) is 13.1 Å². The van der Waals surface area contributed by atoms with Crippen molar-refractivity contribution in [1.29, 1.82) is 0 Å². The fourth-order valence-electron chi connectivity index (χ4n) is 3.14. The van der Waals surface area contributed by atoms with Gasteiger partial charge in [0.25, 0.3) is 0 Å². The van der Waals surface area contributed by atoms with Crippen LogP contribution in [0.1, 0.15) is 72.1 Å². The number of carbonyl (C=O) groups excluding carboxylic acids is 2. The van der Waals surface area contributed by atoms with Gasteiger partial charge in [-0.2, -0.15) is 0 Å². The zero-order valence-corrected chi connectivity index (χ0v) is 16.0. The first kappa shape index (κ1) is 21.5. The number of carboxylic acid groups (broad SMARTS) is 1. The summed E-state index contributed by atoms with van der Waals surface area (Å²) in [4.78, 5) is 36.9. The largest absolute Gasteiger partial charge is 0.481 e. The summed E-state index contributed by atoms with van der Waals surface area (Å²) in [6.07, 6.45) is 6.52. The number of nitrogens with one attached hydrogen (secondary N) is 1. The van der Waals surface area contributed by atoms with Crippen LogP contribution in [0.25, 0.3) is 0 Å². The van der Waals surface area contributed by atoms with Gasteiger partial charge in [0.2, 0.25) is 11.8 Å². The van der Waals surface area contributed by atoms with Crippen LogP contribution in [0.3, 0.4) is 0 Å². The molecule has 25 heavy (non-hydrogen) atoms. The Morgan fingerprint density at radius 1 is 1.08 bits per heavy atom.